The number of Topliss-reactive ketones (excluding diaryl/α,β-unsaturated/α-hetero) is 2. The second-order valence-corrected chi connectivity index (χ2v) is 26.7. The number of epoxide rings is 1. The van der Waals surface area contributed by atoms with Gasteiger partial charge in [0.05, 0.1) is 43.0 Å². The fraction of sp³-hybridized carbons (Fsp3) is 0.720. The number of rotatable bonds is 13. The lowest BCUT2D eigenvalue weighted by molar-refractivity contribution is -0.385. The summed E-state index contributed by atoms with van der Waals surface area (Å²) in [7, 11) is 1.50. The Hall–Kier alpha value is -3.88. The zero-order valence-electron chi connectivity index (χ0n) is 43.4. The lowest BCUT2D eigenvalue weighted by Gasteiger charge is -2.52. The molecular weight excluding hydrogens is 965 g/mol. The standard InChI is InChI=1S/C50H68O21Si/c1-21-16-27-34(38(55)36-35(39(27)58-11)28(17-29(37(36)54)71-72(14,15)45(7,8)9)66-32-19-46(10,56)42(22(2)62-32)65-26(6)53)40-33(21)41-43-49(68-40,47(20-61-47)50(69-41,70-43)44(59-12)60-13)67-31-18-30(64-25(5)52)48(57,23(3)51)24(4)63-31/h16,22,24,28-32,41-44,55-57H,17-20H2,1-15H3/t22-,24-,28-,29-,30+,31-,32-,41-,42+,43-,46+,47-,48+,49+,50-/m0/s1. The summed E-state index contributed by atoms with van der Waals surface area (Å²) in [6.45, 7) is 20.0. The highest BCUT2D eigenvalue weighted by Crippen LogP contribution is 2.72. The van der Waals surface area contributed by atoms with E-state index in [2.05, 4.69) is 0 Å². The maximum Gasteiger partial charge on any atom is 0.303 e. The quantitative estimate of drug-likeness (QED) is 0.106. The molecule has 3 N–H and O–H groups in total. The molecule has 398 valence electrons. The van der Waals surface area contributed by atoms with E-state index in [1.54, 1.807) is 19.9 Å². The summed E-state index contributed by atoms with van der Waals surface area (Å²) in [6.07, 6.45) is -13.1. The first-order valence-electron chi connectivity index (χ1n) is 24.3. The maximum atomic E-state index is 15.3. The predicted octanol–water partition coefficient (Wildman–Crippen LogP) is 4.76. The molecule has 1 aliphatic carbocycles. The number of carbonyl (C=O) groups is 4. The number of ketones is 2. The van der Waals surface area contributed by atoms with Crippen molar-refractivity contribution in [3.05, 3.63) is 28.3 Å². The highest BCUT2D eigenvalue weighted by atomic mass is 28.4. The van der Waals surface area contributed by atoms with Crippen LogP contribution in [0, 0.1) is 6.92 Å². The van der Waals surface area contributed by atoms with E-state index in [1.807, 2.05) is 33.9 Å². The third kappa shape index (κ3) is 7.60. The molecule has 72 heavy (non-hydrogen) atoms. The summed E-state index contributed by atoms with van der Waals surface area (Å²) in [4.78, 5) is 52.8. The molecule has 5 saturated heterocycles. The van der Waals surface area contributed by atoms with Crippen molar-refractivity contribution in [1.82, 2.24) is 0 Å². The van der Waals surface area contributed by atoms with Crippen molar-refractivity contribution >= 4 is 42.6 Å². The topological polar surface area (TPSA) is 261 Å². The Kier molecular flexibility index (Phi) is 12.9. The van der Waals surface area contributed by atoms with Crippen LogP contribution in [0.3, 0.4) is 0 Å². The Morgan fingerprint density at radius 3 is 2.12 bits per heavy atom. The van der Waals surface area contributed by atoms with Gasteiger partial charge in [-0.3, -0.25) is 19.2 Å². The minimum atomic E-state index is -2.73. The molecule has 2 aromatic carbocycles. The van der Waals surface area contributed by atoms with E-state index in [9.17, 15) is 29.7 Å². The molecule has 7 aliphatic rings. The van der Waals surface area contributed by atoms with Crippen LogP contribution in [0.2, 0.25) is 18.1 Å². The van der Waals surface area contributed by atoms with Crippen LogP contribution in [0.5, 0.6) is 17.2 Å². The molecule has 0 amide bonds. The number of carbonyl (C=O) groups excluding carboxylic acids is 4. The molecule has 5 fully saturated rings. The van der Waals surface area contributed by atoms with E-state index in [-0.39, 0.29) is 58.9 Å². The Balaban J connectivity index is 1.22. The molecule has 0 radical (unpaired) electrons. The average molecular weight is 1030 g/mol. The number of hydrogen-bond acceptors (Lipinski definition) is 21. The van der Waals surface area contributed by atoms with Gasteiger partial charge in [-0.05, 0) is 64.4 Å². The van der Waals surface area contributed by atoms with Crippen molar-refractivity contribution in [2.45, 2.75) is 203 Å². The van der Waals surface area contributed by atoms with Gasteiger partial charge < -0.3 is 81.3 Å². The molecule has 9 rings (SSSR count). The SMILES string of the molecule is COc1c2c(c(O)c3c4c(c(C)cc13)[C@@H]1O[C@@]3(C(OC)OC)O[C@@H]1[C@@](O[C@H]1C[C@@H](OC(C)=O)[C@@](O)(C(C)=O)[C@H](C)O1)(O4)[C@@]31CO1)C(=O)[C@@H](O[Si](C)(C)C(C)(C)C)C[C@@H]2O[C@H]1C[C@@](C)(O)[C@H](OC(C)=O)[C@H](C)O1. The van der Waals surface area contributed by atoms with Crippen LogP contribution in [0.25, 0.3) is 10.8 Å². The lowest BCUT2D eigenvalue weighted by Crippen LogP contribution is -2.72. The van der Waals surface area contributed by atoms with E-state index in [1.165, 1.54) is 49.0 Å². The second kappa shape index (κ2) is 17.6. The molecule has 21 nitrogen and oxygen atoms in total. The number of phenols is 1. The van der Waals surface area contributed by atoms with E-state index in [0.29, 0.717) is 16.5 Å². The van der Waals surface area contributed by atoms with E-state index in [4.69, 9.17) is 66.0 Å². The third-order valence-corrected chi connectivity index (χ3v) is 20.7. The lowest BCUT2D eigenvalue weighted by atomic mass is 9.77. The highest BCUT2D eigenvalue weighted by molar-refractivity contribution is 6.74. The van der Waals surface area contributed by atoms with Crippen molar-refractivity contribution in [2.24, 2.45) is 0 Å². The van der Waals surface area contributed by atoms with E-state index >= 15 is 4.79 Å². The fourth-order valence-corrected chi connectivity index (χ4v) is 13.0. The summed E-state index contributed by atoms with van der Waals surface area (Å²) < 4.78 is 89.5. The molecule has 0 aromatic heterocycles. The number of aryl methyl sites for hydroxylation is 1. The summed E-state index contributed by atoms with van der Waals surface area (Å²) in [5.74, 6) is -6.84. The first kappa shape index (κ1) is 53.0. The minimum absolute atomic E-state index is 0.0144. The number of methoxy groups -OCH3 is 3. The largest absolute Gasteiger partial charge is 0.506 e. The fourth-order valence-electron chi connectivity index (χ4n) is 11.8. The van der Waals surface area contributed by atoms with Gasteiger partial charge in [-0.1, -0.05) is 20.8 Å². The van der Waals surface area contributed by atoms with Crippen LogP contribution >= 0.6 is 0 Å². The molecule has 1 spiro atoms. The second-order valence-electron chi connectivity index (χ2n) is 22.0. The normalized spacial score (nSPS) is 38.9. The molecule has 2 bridgehead atoms. The Morgan fingerprint density at radius 1 is 0.917 bits per heavy atom. The van der Waals surface area contributed by atoms with E-state index < -0.39 is 134 Å². The number of ether oxygens (including phenoxy) is 13. The van der Waals surface area contributed by atoms with Gasteiger partial charge >= 0.3 is 11.9 Å². The molecule has 2 aromatic rings. The van der Waals surface area contributed by atoms with Gasteiger partial charge in [0.15, 0.2) is 50.3 Å². The molecule has 0 unspecified atom stereocenters. The molecule has 0 saturated carbocycles. The van der Waals surface area contributed by atoms with Gasteiger partial charge in [0.1, 0.15) is 41.2 Å². The smallest absolute Gasteiger partial charge is 0.303 e. The number of aliphatic hydroxyl groups is 2. The Labute approximate surface area is 418 Å². The molecular formula is C50H68O21Si. The predicted molar refractivity (Wildman–Crippen MR) is 249 cm³/mol. The van der Waals surface area contributed by atoms with Gasteiger partial charge in [-0.15, -0.1) is 0 Å². The van der Waals surface area contributed by atoms with Crippen LogP contribution in [-0.4, -0.2) is 159 Å². The van der Waals surface area contributed by atoms with Crippen molar-refractivity contribution in [2.75, 3.05) is 27.9 Å². The van der Waals surface area contributed by atoms with Gasteiger partial charge in [0.2, 0.25) is 11.9 Å². The summed E-state index contributed by atoms with van der Waals surface area (Å²) in [5.41, 5.74) is -4.49. The number of phenolic OH excluding ortho intramolecular Hbond substituents is 1. The number of benzene rings is 2. The van der Waals surface area contributed by atoms with E-state index in [0.717, 1.165) is 6.92 Å². The van der Waals surface area contributed by atoms with Crippen LogP contribution in [-0.2, 0) is 70.9 Å². The van der Waals surface area contributed by atoms with Crippen LogP contribution in [0.15, 0.2) is 6.07 Å². The zero-order chi connectivity index (χ0) is 52.8. The average Bonchev–Trinajstić information content (AvgIpc) is 3.94. The summed E-state index contributed by atoms with van der Waals surface area (Å²) in [6, 6.07) is 1.77. The number of hydrogen-bond donors (Lipinski definition) is 3. The maximum absolute atomic E-state index is 15.3. The molecule has 6 heterocycles. The number of fused-ring (bicyclic) bond motifs is 8. The zero-order valence-corrected chi connectivity index (χ0v) is 44.4. The third-order valence-electron chi connectivity index (χ3n) is 16.2. The molecule has 6 aliphatic heterocycles. The summed E-state index contributed by atoms with van der Waals surface area (Å²) >= 11 is 0. The molecule has 22 heteroatoms. The minimum Gasteiger partial charge on any atom is -0.506 e. The van der Waals surface area contributed by atoms with Crippen LogP contribution in [0.4, 0.5) is 0 Å². The highest BCUT2D eigenvalue weighted by Gasteiger charge is 2.94. The monoisotopic (exact) mass is 1030 g/mol. The van der Waals surface area contributed by atoms with Gasteiger partial charge in [-0.2, -0.15) is 0 Å². The van der Waals surface area contributed by atoms with Gasteiger partial charge in [-0.25, -0.2) is 0 Å². The van der Waals surface area contributed by atoms with Crippen molar-refractivity contribution < 1.29 is 101 Å². The first-order valence-corrected chi connectivity index (χ1v) is 27.2. The van der Waals surface area contributed by atoms with Crippen molar-refractivity contribution in [3.63, 3.8) is 0 Å². The first-order chi connectivity index (χ1) is 33.5. The van der Waals surface area contributed by atoms with Gasteiger partial charge in [0.25, 0.3) is 11.6 Å². The Morgan fingerprint density at radius 2 is 1.57 bits per heavy atom. The number of aromatic hydroxyl groups is 1. The molecule has 15 atom stereocenters. The van der Waals surface area contributed by atoms with Gasteiger partial charge in [0, 0.05) is 63.8 Å². The van der Waals surface area contributed by atoms with Crippen LogP contribution in [0.1, 0.15) is 121 Å². The van der Waals surface area contributed by atoms with Crippen molar-refractivity contribution in [1.29, 1.82) is 0 Å². The number of esters is 2. The summed E-state index contributed by atoms with van der Waals surface area (Å²) in [5, 5.41) is 36.4. The van der Waals surface area contributed by atoms with Crippen LogP contribution < -0.4 is 9.47 Å². The Bertz CT molecular complexity index is 2570. The van der Waals surface area contributed by atoms with Crippen molar-refractivity contribution in [3.8, 4) is 17.2 Å².